The monoisotopic (exact) mass is 448 g/mol. The molecule has 1 aliphatic heterocycles. The molecule has 0 radical (unpaired) electrons. The number of likely N-dealkylation sites (tertiary alicyclic amines) is 1. The number of aryl methyl sites for hydroxylation is 1. The largest absolute Gasteiger partial charge is 0.444 e. The average molecular weight is 449 g/mol. The number of likely N-dealkylation sites (N-methyl/N-ethyl adjacent to an activating group) is 1. The first-order valence-electron chi connectivity index (χ1n) is 11.5. The molecule has 7 heteroatoms. The van der Waals surface area contributed by atoms with Gasteiger partial charge in [-0.3, -0.25) is 9.36 Å². The lowest BCUT2D eigenvalue weighted by Gasteiger charge is -2.29. The molecule has 0 N–H and O–H groups in total. The summed E-state index contributed by atoms with van der Waals surface area (Å²) >= 11 is 0. The number of hydrogen-bond donors (Lipinski definition) is 0. The summed E-state index contributed by atoms with van der Waals surface area (Å²) in [6.07, 6.45) is 0.428. The van der Waals surface area contributed by atoms with E-state index < -0.39 is 5.60 Å². The Morgan fingerprint density at radius 2 is 1.82 bits per heavy atom. The van der Waals surface area contributed by atoms with Crippen LogP contribution in [0.1, 0.15) is 50.3 Å². The van der Waals surface area contributed by atoms with Crippen molar-refractivity contribution in [1.29, 1.82) is 0 Å². The maximum atomic E-state index is 13.3. The van der Waals surface area contributed by atoms with Crippen molar-refractivity contribution in [3.05, 3.63) is 59.9 Å². The number of imidazole rings is 1. The fraction of sp³-hybridized carbons (Fsp3) is 0.423. The Bertz CT molecular complexity index is 1160. The number of carbonyl (C=O) groups is 2. The lowest BCUT2D eigenvalue weighted by molar-refractivity contribution is 0.0276. The fourth-order valence-electron chi connectivity index (χ4n) is 4.45. The van der Waals surface area contributed by atoms with Crippen LogP contribution in [0.4, 0.5) is 4.79 Å². The van der Waals surface area contributed by atoms with Crippen molar-refractivity contribution in [2.45, 2.75) is 52.7 Å². The maximum absolute atomic E-state index is 13.3. The van der Waals surface area contributed by atoms with Crippen LogP contribution >= 0.6 is 0 Å². The number of aromatic nitrogens is 2. The van der Waals surface area contributed by atoms with Crippen molar-refractivity contribution in [2.75, 3.05) is 19.6 Å². The number of para-hydroxylation sites is 2. The van der Waals surface area contributed by atoms with E-state index in [4.69, 9.17) is 4.74 Å². The van der Waals surface area contributed by atoms with Gasteiger partial charge >= 0.3 is 6.09 Å². The molecule has 2 aromatic carbocycles. The summed E-state index contributed by atoms with van der Waals surface area (Å²) in [6.45, 7) is 11.2. The first kappa shape index (κ1) is 22.8. The normalized spacial score (nSPS) is 16.3. The Kier molecular flexibility index (Phi) is 6.15. The Balaban J connectivity index is 1.49. The highest BCUT2D eigenvalue weighted by Gasteiger charge is 2.34. The minimum absolute atomic E-state index is 0.0190. The molecule has 0 unspecified atom stereocenters. The number of nitrogens with zero attached hydrogens (tertiary/aromatic N) is 4. The van der Waals surface area contributed by atoms with Crippen molar-refractivity contribution in [2.24, 2.45) is 0 Å². The molecular formula is C26H32N4O3. The molecule has 0 saturated carbocycles. The fourth-order valence-corrected chi connectivity index (χ4v) is 4.45. The van der Waals surface area contributed by atoms with Crippen molar-refractivity contribution < 1.29 is 14.3 Å². The zero-order chi connectivity index (χ0) is 23.8. The minimum atomic E-state index is -0.532. The van der Waals surface area contributed by atoms with Crippen LogP contribution in [0.3, 0.4) is 0 Å². The molecule has 33 heavy (non-hydrogen) atoms. The van der Waals surface area contributed by atoms with Crippen LogP contribution in [0.25, 0.3) is 16.7 Å². The van der Waals surface area contributed by atoms with Gasteiger partial charge in [-0.05, 0) is 77.4 Å². The molecule has 174 valence electrons. The number of amides is 2. The SMILES string of the molecule is CCN(C(=O)c1ccc(-n2c(C)nc3ccccc32)cc1)[C@@H]1CCN(C(=O)OC(C)(C)C)C1. The standard InChI is InChI=1S/C26H32N4O3/c1-6-29(21-15-16-28(17-21)25(32)33-26(3,4)5)24(31)19-11-13-20(14-12-19)30-18(2)27-22-9-7-8-10-23(22)30/h7-14,21H,6,15-17H2,1-5H3/t21-/m1/s1. The Morgan fingerprint density at radius 3 is 2.48 bits per heavy atom. The second-order valence-electron chi connectivity index (χ2n) is 9.49. The molecule has 0 aliphatic carbocycles. The van der Waals surface area contributed by atoms with Gasteiger partial charge in [0.05, 0.1) is 17.1 Å². The van der Waals surface area contributed by atoms with E-state index >= 15 is 0 Å². The van der Waals surface area contributed by atoms with E-state index in [1.54, 1.807) is 4.90 Å². The van der Waals surface area contributed by atoms with Crippen LogP contribution in [0, 0.1) is 6.92 Å². The summed E-state index contributed by atoms with van der Waals surface area (Å²) in [6, 6.07) is 15.7. The number of rotatable bonds is 4. The van der Waals surface area contributed by atoms with Gasteiger partial charge in [-0.2, -0.15) is 0 Å². The first-order chi connectivity index (χ1) is 15.7. The number of carbonyl (C=O) groups excluding carboxylic acids is 2. The Labute approximate surface area is 195 Å². The number of hydrogen-bond acceptors (Lipinski definition) is 4. The molecule has 0 bridgehead atoms. The smallest absolute Gasteiger partial charge is 0.410 e. The highest BCUT2D eigenvalue weighted by Crippen LogP contribution is 2.24. The average Bonchev–Trinajstić information content (AvgIpc) is 3.37. The van der Waals surface area contributed by atoms with Crippen LogP contribution in [-0.4, -0.2) is 62.6 Å². The van der Waals surface area contributed by atoms with E-state index in [9.17, 15) is 9.59 Å². The van der Waals surface area contributed by atoms with E-state index in [0.29, 0.717) is 25.2 Å². The molecule has 7 nitrogen and oxygen atoms in total. The van der Waals surface area contributed by atoms with Crippen molar-refractivity contribution in [3.63, 3.8) is 0 Å². The molecule has 1 fully saturated rings. The zero-order valence-corrected chi connectivity index (χ0v) is 20.0. The van der Waals surface area contributed by atoms with Crippen molar-refractivity contribution in [1.82, 2.24) is 19.4 Å². The van der Waals surface area contributed by atoms with Crippen LogP contribution in [0.5, 0.6) is 0 Å². The molecular weight excluding hydrogens is 416 g/mol. The molecule has 1 saturated heterocycles. The van der Waals surface area contributed by atoms with Crippen LogP contribution in [0.2, 0.25) is 0 Å². The maximum Gasteiger partial charge on any atom is 0.410 e. The third-order valence-corrected chi connectivity index (χ3v) is 5.96. The molecule has 0 spiro atoms. The summed E-state index contributed by atoms with van der Waals surface area (Å²) in [5.41, 5.74) is 3.06. The predicted octanol–water partition coefficient (Wildman–Crippen LogP) is 4.81. The Morgan fingerprint density at radius 1 is 1.12 bits per heavy atom. The van der Waals surface area contributed by atoms with E-state index in [2.05, 4.69) is 9.55 Å². The molecule has 4 rings (SSSR count). The van der Waals surface area contributed by atoms with Gasteiger partial charge in [-0.1, -0.05) is 12.1 Å². The minimum Gasteiger partial charge on any atom is -0.444 e. The van der Waals surface area contributed by atoms with E-state index in [1.165, 1.54) is 0 Å². The first-order valence-corrected chi connectivity index (χ1v) is 11.5. The number of ether oxygens (including phenoxy) is 1. The third kappa shape index (κ3) is 4.72. The lowest BCUT2D eigenvalue weighted by Crippen LogP contribution is -2.43. The van der Waals surface area contributed by atoms with Gasteiger partial charge in [-0.25, -0.2) is 9.78 Å². The summed E-state index contributed by atoms with van der Waals surface area (Å²) in [7, 11) is 0. The summed E-state index contributed by atoms with van der Waals surface area (Å²) in [5, 5.41) is 0. The lowest BCUT2D eigenvalue weighted by atomic mass is 10.1. The van der Waals surface area contributed by atoms with E-state index in [1.807, 2.05) is 88.0 Å². The van der Waals surface area contributed by atoms with Gasteiger partial charge in [0.15, 0.2) is 0 Å². The third-order valence-electron chi connectivity index (χ3n) is 5.96. The van der Waals surface area contributed by atoms with Crippen LogP contribution < -0.4 is 0 Å². The molecule has 2 heterocycles. The van der Waals surface area contributed by atoms with Gasteiger partial charge in [0.2, 0.25) is 0 Å². The van der Waals surface area contributed by atoms with Crippen molar-refractivity contribution >= 4 is 23.0 Å². The van der Waals surface area contributed by atoms with Gasteiger partial charge in [0.25, 0.3) is 5.91 Å². The molecule has 1 aliphatic rings. The van der Waals surface area contributed by atoms with Gasteiger partial charge < -0.3 is 14.5 Å². The van der Waals surface area contributed by atoms with Crippen LogP contribution in [0.15, 0.2) is 48.5 Å². The summed E-state index contributed by atoms with van der Waals surface area (Å²) in [5.74, 6) is 0.881. The van der Waals surface area contributed by atoms with Gasteiger partial charge in [0.1, 0.15) is 11.4 Å². The predicted molar refractivity (Wildman–Crippen MR) is 129 cm³/mol. The molecule has 3 aromatic rings. The zero-order valence-electron chi connectivity index (χ0n) is 20.0. The highest BCUT2D eigenvalue weighted by molar-refractivity contribution is 5.94. The highest BCUT2D eigenvalue weighted by atomic mass is 16.6. The second-order valence-corrected chi connectivity index (χ2v) is 9.49. The summed E-state index contributed by atoms with van der Waals surface area (Å²) in [4.78, 5) is 33.9. The number of benzene rings is 2. The Hall–Kier alpha value is -3.35. The van der Waals surface area contributed by atoms with E-state index in [-0.39, 0.29) is 18.0 Å². The quantitative estimate of drug-likeness (QED) is 0.575. The molecule has 1 aromatic heterocycles. The van der Waals surface area contributed by atoms with E-state index in [0.717, 1.165) is 29.0 Å². The second kappa shape index (κ2) is 8.89. The van der Waals surface area contributed by atoms with Crippen molar-refractivity contribution in [3.8, 4) is 5.69 Å². The molecule has 2 amide bonds. The topological polar surface area (TPSA) is 67.7 Å². The van der Waals surface area contributed by atoms with Crippen LogP contribution in [-0.2, 0) is 4.74 Å². The van der Waals surface area contributed by atoms with Gasteiger partial charge in [-0.15, -0.1) is 0 Å². The number of fused-ring (bicyclic) bond motifs is 1. The van der Waals surface area contributed by atoms with Gasteiger partial charge in [0, 0.05) is 30.9 Å². The molecule has 1 atom stereocenters. The summed E-state index contributed by atoms with van der Waals surface area (Å²) < 4.78 is 7.59.